The lowest BCUT2D eigenvalue weighted by molar-refractivity contribution is -0.120. The SMILES string of the molecule is CNCc1ccc(N(C)CC(=O)NC(C)C)c(Br)c1. The number of carbonyl (C=O) groups is 1. The Hall–Kier alpha value is -1.07. The van der Waals surface area contributed by atoms with Gasteiger partial charge in [-0.15, -0.1) is 0 Å². The average Bonchev–Trinajstić information content (AvgIpc) is 2.27. The van der Waals surface area contributed by atoms with Crippen molar-refractivity contribution in [1.29, 1.82) is 0 Å². The van der Waals surface area contributed by atoms with Crippen LogP contribution >= 0.6 is 15.9 Å². The van der Waals surface area contributed by atoms with E-state index in [4.69, 9.17) is 0 Å². The molecule has 1 amide bonds. The van der Waals surface area contributed by atoms with Crippen LogP contribution in [0.3, 0.4) is 0 Å². The van der Waals surface area contributed by atoms with Gasteiger partial charge in [0.15, 0.2) is 0 Å². The molecule has 0 saturated carbocycles. The van der Waals surface area contributed by atoms with Gasteiger partial charge in [0.05, 0.1) is 12.2 Å². The number of hydrogen-bond donors (Lipinski definition) is 2. The second-order valence-electron chi connectivity index (χ2n) is 4.89. The summed E-state index contributed by atoms with van der Waals surface area (Å²) < 4.78 is 1.00. The molecule has 106 valence electrons. The highest BCUT2D eigenvalue weighted by atomic mass is 79.9. The molecule has 0 radical (unpaired) electrons. The van der Waals surface area contributed by atoms with E-state index in [9.17, 15) is 4.79 Å². The Morgan fingerprint density at radius 2 is 2.11 bits per heavy atom. The minimum Gasteiger partial charge on any atom is -0.364 e. The van der Waals surface area contributed by atoms with E-state index in [1.807, 2.05) is 38.9 Å². The number of benzene rings is 1. The Labute approximate surface area is 123 Å². The van der Waals surface area contributed by atoms with Gasteiger partial charge >= 0.3 is 0 Å². The van der Waals surface area contributed by atoms with E-state index < -0.39 is 0 Å². The second kappa shape index (κ2) is 7.50. The first-order valence-corrected chi connectivity index (χ1v) is 7.17. The maximum absolute atomic E-state index is 11.7. The smallest absolute Gasteiger partial charge is 0.239 e. The topological polar surface area (TPSA) is 44.4 Å². The van der Waals surface area contributed by atoms with E-state index in [0.29, 0.717) is 6.54 Å². The molecule has 0 spiro atoms. The van der Waals surface area contributed by atoms with E-state index in [1.165, 1.54) is 5.56 Å². The van der Waals surface area contributed by atoms with Crippen LogP contribution < -0.4 is 15.5 Å². The van der Waals surface area contributed by atoms with Crippen molar-refractivity contribution in [2.75, 3.05) is 25.5 Å². The monoisotopic (exact) mass is 327 g/mol. The van der Waals surface area contributed by atoms with Crippen LogP contribution in [0.15, 0.2) is 22.7 Å². The molecule has 1 aromatic rings. The molecule has 0 bridgehead atoms. The second-order valence-corrected chi connectivity index (χ2v) is 5.75. The third kappa shape index (κ3) is 5.20. The molecular weight excluding hydrogens is 306 g/mol. The summed E-state index contributed by atoms with van der Waals surface area (Å²) >= 11 is 3.56. The fourth-order valence-electron chi connectivity index (χ4n) is 1.84. The van der Waals surface area contributed by atoms with Crippen LogP contribution in [0.2, 0.25) is 0 Å². The van der Waals surface area contributed by atoms with E-state index >= 15 is 0 Å². The number of nitrogens with one attached hydrogen (secondary N) is 2. The van der Waals surface area contributed by atoms with E-state index in [-0.39, 0.29) is 11.9 Å². The Balaban J connectivity index is 2.71. The van der Waals surface area contributed by atoms with Crippen molar-refractivity contribution in [3.8, 4) is 0 Å². The van der Waals surface area contributed by atoms with Crippen LogP contribution in [-0.4, -0.2) is 32.6 Å². The Kier molecular flexibility index (Phi) is 6.31. The van der Waals surface area contributed by atoms with E-state index in [1.54, 1.807) is 0 Å². The summed E-state index contributed by atoms with van der Waals surface area (Å²) in [6.45, 7) is 5.10. The van der Waals surface area contributed by atoms with E-state index in [0.717, 1.165) is 16.7 Å². The van der Waals surface area contributed by atoms with Gasteiger partial charge in [-0.25, -0.2) is 0 Å². The van der Waals surface area contributed by atoms with Crippen LogP contribution in [0.4, 0.5) is 5.69 Å². The molecule has 0 aliphatic rings. The molecule has 2 N–H and O–H groups in total. The minimum atomic E-state index is 0.0312. The van der Waals surface area contributed by atoms with Gasteiger partial charge in [0, 0.05) is 24.1 Å². The number of halogens is 1. The van der Waals surface area contributed by atoms with E-state index in [2.05, 4.69) is 38.7 Å². The summed E-state index contributed by atoms with van der Waals surface area (Å²) in [6.07, 6.45) is 0. The van der Waals surface area contributed by atoms with Crippen molar-refractivity contribution in [3.63, 3.8) is 0 Å². The number of rotatable bonds is 6. The van der Waals surface area contributed by atoms with Gasteiger partial charge < -0.3 is 15.5 Å². The summed E-state index contributed by atoms with van der Waals surface area (Å²) in [4.78, 5) is 13.7. The van der Waals surface area contributed by atoms with Crippen LogP contribution in [0.5, 0.6) is 0 Å². The normalized spacial score (nSPS) is 10.6. The molecule has 0 aliphatic heterocycles. The zero-order chi connectivity index (χ0) is 14.4. The molecule has 0 fully saturated rings. The quantitative estimate of drug-likeness (QED) is 0.841. The van der Waals surface area contributed by atoms with Crippen molar-refractivity contribution in [2.45, 2.75) is 26.4 Å². The first kappa shape index (κ1) is 16.0. The summed E-state index contributed by atoms with van der Waals surface area (Å²) in [5.41, 5.74) is 2.22. The molecule has 5 heteroatoms. The van der Waals surface area contributed by atoms with Gasteiger partial charge in [-0.2, -0.15) is 0 Å². The van der Waals surface area contributed by atoms with Crippen molar-refractivity contribution in [3.05, 3.63) is 28.2 Å². The summed E-state index contributed by atoms with van der Waals surface area (Å²) in [6, 6.07) is 6.33. The van der Waals surface area contributed by atoms with Gasteiger partial charge in [0.25, 0.3) is 0 Å². The number of nitrogens with zero attached hydrogens (tertiary/aromatic N) is 1. The average molecular weight is 328 g/mol. The third-order valence-electron chi connectivity index (χ3n) is 2.63. The number of hydrogen-bond acceptors (Lipinski definition) is 3. The van der Waals surface area contributed by atoms with Gasteiger partial charge in [-0.1, -0.05) is 6.07 Å². The molecule has 1 rings (SSSR count). The lowest BCUT2D eigenvalue weighted by atomic mass is 10.2. The maximum Gasteiger partial charge on any atom is 0.239 e. The highest BCUT2D eigenvalue weighted by Gasteiger charge is 2.11. The number of anilines is 1. The molecule has 4 nitrogen and oxygen atoms in total. The maximum atomic E-state index is 11.7. The molecule has 0 unspecified atom stereocenters. The molecule has 19 heavy (non-hydrogen) atoms. The van der Waals surface area contributed by atoms with Gasteiger partial charge in [-0.3, -0.25) is 4.79 Å². The number of amides is 1. The van der Waals surface area contributed by atoms with Gasteiger partial charge in [0.1, 0.15) is 0 Å². The van der Waals surface area contributed by atoms with Crippen molar-refractivity contribution in [2.24, 2.45) is 0 Å². The largest absolute Gasteiger partial charge is 0.364 e. The molecule has 0 heterocycles. The molecule has 0 aliphatic carbocycles. The van der Waals surface area contributed by atoms with Crippen LogP contribution in [0, 0.1) is 0 Å². The van der Waals surface area contributed by atoms with Crippen LogP contribution in [-0.2, 0) is 11.3 Å². The van der Waals surface area contributed by atoms with Gasteiger partial charge in [0.2, 0.25) is 5.91 Å². The summed E-state index contributed by atoms with van der Waals surface area (Å²) in [7, 11) is 3.84. The minimum absolute atomic E-state index is 0.0312. The molecule has 0 aromatic heterocycles. The Morgan fingerprint density at radius 3 is 2.63 bits per heavy atom. The predicted octanol–water partition coefficient (Wildman–Crippen LogP) is 2.13. The third-order valence-corrected chi connectivity index (χ3v) is 3.27. The highest BCUT2D eigenvalue weighted by molar-refractivity contribution is 9.10. The lowest BCUT2D eigenvalue weighted by Gasteiger charge is -2.21. The van der Waals surface area contributed by atoms with Crippen LogP contribution in [0.25, 0.3) is 0 Å². The van der Waals surface area contributed by atoms with Gasteiger partial charge in [-0.05, 0) is 54.5 Å². The first-order chi connectivity index (χ1) is 8.93. The van der Waals surface area contributed by atoms with Crippen LogP contribution in [0.1, 0.15) is 19.4 Å². The lowest BCUT2D eigenvalue weighted by Crippen LogP contribution is -2.38. The predicted molar refractivity (Wildman–Crippen MR) is 83.5 cm³/mol. The standard InChI is InChI=1S/C14H22BrN3O/c1-10(2)17-14(19)9-18(4)13-6-5-11(8-16-3)7-12(13)15/h5-7,10,16H,8-9H2,1-4H3,(H,17,19). The molecule has 0 atom stereocenters. The Bertz CT molecular complexity index is 435. The Morgan fingerprint density at radius 1 is 1.42 bits per heavy atom. The molecule has 0 saturated heterocycles. The zero-order valence-electron chi connectivity index (χ0n) is 12.0. The van der Waals surface area contributed by atoms with Crippen molar-refractivity contribution < 1.29 is 4.79 Å². The fraction of sp³-hybridized carbons (Fsp3) is 0.500. The van der Waals surface area contributed by atoms with Crippen molar-refractivity contribution in [1.82, 2.24) is 10.6 Å². The van der Waals surface area contributed by atoms with Crippen molar-refractivity contribution >= 4 is 27.5 Å². The molecule has 1 aromatic carbocycles. The summed E-state index contributed by atoms with van der Waals surface area (Å²) in [5, 5.41) is 6.00. The summed E-state index contributed by atoms with van der Waals surface area (Å²) in [5.74, 6) is 0.0312. The zero-order valence-corrected chi connectivity index (χ0v) is 13.5. The molecular formula is C14H22BrN3O. The number of carbonyl (C=O) groups excluding carboxylic acids is 1. The highest BCUT2D eigenvalue weighted by Crippen LogP contribution is 2.26. The number of likely N-dealkylation sites (N-methyl/N-ethyl adjacent to an activating group) is 1. The first-order valence-electron chi connectivity index (χ1n) is 6.37. The fourth-order valence-corrected chi connectivity index (χ4v) is 2.57.